The zero-order valence-corrected chi connectivity index (χ0v) is 19.4. The number of hydrogen-bond donors (Lipinski definition) is 1. The Hall–Kier alpha value is -2.27. The summed E-state index contributed by atoms with van der Waals surface area (Å²) in [5.41, 5.74) is 0.668. The Morgan fingerprint density at radius 1 is 0.970 bits per heavy atom. The predicted octanol–water partition coefficient (Wildman–Crippen LogP) is 3.88. The highest BCUT2D eigenvalue weighted by atomic mass is 35.5. The van der Waals surface area contributed by atoms with Gasteiger partial charge in [0.05, 0.1) is 40.1 Å². The number of amides is 1. The quantitative estimate of drug-likeness (QED) is 0.632. The first-order chi connectivity index (χ1) is 15.8. The zero-order valence-electron chi connectivity index (χ0n) is 17.8. The highest BCUT2D eigenvalue weighted by Crippen LogP contribution is 2.33. The van der Waals surface area contributed by atoms with Gasteiger partial charge in [-0.3, -0.25) is 4.79 Å². The molecule has 2 heterocycles. The SMILES string of the molecule is O=C(Nc1cc(S(=O)(=O)N2CCOCC2)ccc1N1CCCCC1)c1cc(F)c(F)cc1Cl. The van der Waals surface area contributed by atoms with Gasteiger partial charge in [0.1, 0.15) is 0 Å². The van der Waals surface area contributed by atoms with Crippen molar-refractivity contribution in [1.29, 1.82) is 0 Å². The molecule has 1 N–H and O–H groups in total. The van der Waals surface area contributed by atoms with E-state index < -0.39 is 27.6 Å². The third-order valence-electron chi connectivity index (χ3n) is 5.78. The minimum atomic E-state index is -3.81. The molecule has 2 aliphatic rings. The summed E-state index contributed by atoms with van der Waals surface area (Å²) < 4.78 is 60.1. The molecule has 2 aromatic rings. The number of nitrogens with zero attached hydrogens (tertiary/aromatic N) is 2. The molecule has 0 bridgehead atoms. The molecule has 2 fully saturated rings. The Morgan fingerprint density at radius 2 is 1.64 bits per heavy atom. The van der Waals surface area contributed by atoms with Gasteiger partial charge < -0.3 is 15.0 Å². The van der Waals surface area contributed by atoms with Crippen LogP contribution in [0.4, 0.5) is 20.2 Å². The maximum absolute atomic E-state index is 13.7. The number of halogens is 3. The lowest BCUT2D eigenvalue weighted by atomic mass is 10.1. The molecule has 33 heavy (non-hydrogen) atoms. The topological polar surface area (TPSA) is 79.0 Å². The summed E-state index contributed by atoms with van der Waals surface area (Å²) in [4.78, 5) is 15.0. The van der Waals surface area contributed by atoms with Crippen molar-refractivity contribution in [3.05, 3.63) is 52.6 Å². The smallest absolute Gasteiger partial charge is 0.257 e. The van der Waals surface area contributed by atoms with Crippen LogP contribution in [0.5, 0.6) is 0 Å². The Morgan fingerprint density at radius 3 is 2.33 bits per heavy atom. The summed E-state index contributed by atoms with van der Waals surface area (Å²) >= 11 is 5.96. The van der Waals surface area contributed by atoms with Crippen molar-refractivity contribution < 1.29 is 26.7 Å². The number of anilines is 2. The molecule has 0 aromatic heterocycles. The molecule has 1 amide bonds. The first-order valence-electron chi connectivity index (χ1n) is 10.7. The van der Waals surface area contributed by atoms with Gasteiger partial charge in [-0.1, -0.05) is 11.6 Å². The third kappa shape index (κ3) is 5.13. The number of morpholine rings is 1. The van der Waals surface area contributed by atoms with Crippen LogP contribution in [-0.4, -0.2) is 58.0 Å². The fourth-order valence-corrected chi connectivity index (χ4v) is 5.68. The predicted molar refractivity (Wildman–Crippen MR) is 121 cm³/mol. The van der Waals surface area contributed by atoms with Gasteiger partial charge in [-0.05, 0) is 49.6 Å². The average Bonchev–Trinajstić information content (AvgIpc) is 2.82. The summed E-state index contributed by atoms with van der Waals surface area (Å²) in [5.74, 6) is -3.13. The van der Waals surface area contributed by atoms with Crippen LogP contribution < -0.4 is 10.2 Å². The second-order valence-electron chi connectivity index (χ2n) is 7.94. The minimum absolute atomic E-state index is 0.0249. The lowest BCUT2D eigenvalue weighted by molar-refractivity contribution is 0.0730. The Kier molecular flexibility index (Phi) is 7.18. The number of ether oxygens (including phenoxy) is 1. The molecule has 2 aliphatic heterocycles. The van der Waals surface area contributed by atoms with E-state index in [1.54, 1.807) is 6.07 Å². The van der Waals surface area contributed by atoms with E-state index in [9.17, 15) is 22.0 Å². The van der Waals surface area contributed by atoms with E-state index in [0.717, 1.165) is 44.5 Å². The second kappa shape index (κ2) is 9.92. The maximum Gasteiger partial charge on any atom is 0.257 e. The first-order valence-corrected chi connectivity index (χ1v) is 12.5. The molecule has 0 atom stereocenters. The summed E-state index contributed by atoms with van der Waals surface area (Å²) in [6.45, 7) is 2.60. The van der Waals surface area contributed by atoms with Crippen LogP contribution in [0.3, 0.4) is 0 Å². The van der Waals surface area contributed by atoms with Crippen molar-refractivity contribution in [2.75, 3.05) is 49.6 Å². The monoisotopic (exact) mass is 499 g/mol. The van der Waals surface area contributed by atoms with E-state index in [2.05, 4.69) is 10.2 Å². The van der Waals surface area contributed by atoms with E-state index in [1.165, 1.54) is 16.4 Å². The standard InChI is InChI=1S/C22H24ClF2N3O4S/c23-17-14-19(25)18(24)13-16(17)22(29)26-20-12-15(33(30,31)28-8-10-32-11-9-28)4-5-21(20)27-6-2-1-3-7-27/h4-5,12-14H,1-3,6-11H2,(H,26,29). The molecule has 0 spiro atoms. The van der Waals surface area contributed by atoms with Crippen molar-refractivity contribution >= 4 is 38.9 Å². The zero-order chi connectivity index (χ0) is 23.6. The summed E-state index contributed by atoms with van der Waals surface area (Å²) in [5, 5.41) is 2.42. The third-order valence-corrected chi connectivity index (χ3v) is 7.98. The first kappa shape index (κ1) is 23.9. The number of nitrogens with one attached hydrogen (secondary N) is 1. The van der Waals surface area contributed by atoms with Crippen LogP contribution in [0.25, 0.3) is 0 Å². The number of sulfonamides is 1. The van der Waals surface area contributed by atoms with Crippen LogP contribution in [0.2, 0.25) is 5.02 Å². The van der Waals surface area contributed by atoms with Gasteiger partial charge in [-0.25, -0.2) is 17.2 Å². The molecule has 7 nitrogen and oxygen atoms in total. The van der Waals surface area contributed by atoms with Gasteiger partial charge in [-0.15, -0.1) is 0 Å². The molecule has 2 aromatic carbocycles. The lowest BCUT2D eigenvalue weighted by Gasteiger charge is -2.31. The highest BCUT2D eigenvalue weighted by Gasteiger charge is 2.28. The van der Waals surface area contributed by atoms with E-state index >= 15 is 0 Å². The molecule has 178 valence electrons. The normalized spacial score (nSPS) is 17.7. The summed E-state index contributed by atoms with van der Waals surface area (Å²) in [6.07, 6.45) is 3.03. The molecule has 11 heteroatoms. The highest BCUT2D eigenvalue weighted by molar-refractivity contribution is 7.89. The molecule has 0 unspecified atom stereocenters. The largest absolute Gasteiger partial charge is 0.379 e. The van der Waals surface area contributed by atoms with Crippen molar-refractivity contribution in [2.24, 2.45) is 0 Å². The number of hydrogen-bond acceptors (Lipinski definition) is 5. The van der Waals surface area contributed by atoms with Crippen molar-refractivity contribution in [1.82, 2.24) is 4.31 Å². The number of benzene rings is 2. The molecule has 0 saturated carbocycles. The number of rotatable bonds is 5. The van der Waals surface area contributed by atoms with Gasteiger partial charge in [0.15, 0.2) is 11.6 Å². The van der Waals surface area contributed by atoms with Crippen LogP contribution in [-0.2, 0) is 14.8 Å². The van der Waals surface area contributed by atoms with Gasteiger partial charge in [0.2, 0.25) is 10.0 Å². The van der Waals surface area contributed by atoms with Crippen LogP contribution in [0.1, 0.15) is 29.6 Å². The van der Waals surface area contributed by atoms with E-state index in [1.807, 2.05) is 0 Å². The van der Waals surface area contributed by atoms with Gasteiger partial charge in [0.25, 0.3) is 5.91 Å². The van der Waals surface area contributed by atoms with E-state index in [4.69, 9.17) is 16.3 Å². The van der Waals surface area contributed by atoms with Crippen LogP contribution >= 0.6 is 11.6 Å². The van der Waals surface area contributed by atoms with Crippen molar-refractivity contribution in [3.63, 3.8) is 0 Å². The van der Waals surface area contributed by atoms with Gasteiger partial charge >= 0.3 is 0 Å². The number of piperidine rings is 1. The van der Waals surface area contributed by atoms with E-state index in [0.29, 0.717) is 18.9 Å². The Labute approximate surface area is 196 Å². The summed E-state index contributed by atoms with van der Waals surface area (Å²) in [6, 6.07) is 6.05. The molecular weight excluding hydrogens is 476 g/mol. The fourth-order valence-electron chi connectivity index (χ4n) is 4.01. The summed E-state index contributed by atoms with van der Waals surface area (Å²) in [7, 11) is -3.81. The molecule has 0 aliphatic carbocycles. The number of carbonyl (C=O) groups is 1. The fraction of sp³-hybridized carbons (Fsp3) is 0.409. The second-order valence-corrected chi connectivity index (χ2v) is 10.3. The molecule has 2 saturated heterocycles. The van der Waals surface area contributed by atoms with Crippen molar-refractivity contribution in [2.45, 2.75) is 24.2 Å². The molecule has 0 radical (unpaired) electrons. The lowest BCUT2D eigenvalue weighted by Crippen LogP contribution is -2.40. The van der Waals surface area contributed by atoms with Gasteiger partial charge in [0, 0.05) is 26.2 Å². The maximum atomic E-state index is 13.7. The Balaban J connectivity index is 1.71. The van der Waals surface area contributed by atoms with Crippen LogP contribution in [0, 0.1) is 11.6 Å². The minimum Gasteiger partial charge on any atom is -0.379 e. The molecule has 4 rings (SSSR count). The molecular formula is C22H24ClF2N3O4S. The van der Waals surface area contributed by atoms with Crippen molar-refractivity contribution in [3.8, 4) is 0 Å². The van der Waals surface area contributed by atoms with Crippen LogP contribution in [0.15, 0.2) is 35.2 Å². The number of carbonyl (C=O) groups excluding carboxylic acids is 1. The average molecular weight is 500 g/mol. The van der Waals surface area contributed by atoms with E-state index in [-0.39, 0.29) is 34.3 Å². The van der Waals surface area contributed by atoms with Gasteiger partial charge in [-0.2, -0.15) is 4.31 Å². The Bertz CT molecular complexity index is 1150.